The Kier molecular flexibility index (Phi) is 7.17. The molecule has 6 nitrogen and oxygen atoms in total. The molecule has 3 aromatic rings. The number of carbonyl (C=O) groups excluding carboxylic acids is 2. The van der Waals surface area contributed by atoms with E-state index in [0.717, 1.165) is 16.0 Å². The van der Waals surface area contributed by atoms with Crippen molar-refractivity contribution >= 4 is 23.2 Å². The number of benzene rings is 2. The molecular weight excluding hydrogens is 455 g/mol. The van der Waals surface area contributed by atoms with E-state index in [-0.39, 0.29) is 37.0 Å². The van der Waals surface area contributed by atoms with Gasteiger partial charge in [0.15, 0.2) is 11.5 Å². The molecule has 0 saturated heterocycles. The minimum absolute atomic E-state index is 0.0729. The maximum absolute atomic E-state index is 13.5. The van der Waals surface area contributed by atoms with Crippen LogP contribution in [0.4, 0.5) is 4.39 Å². The summed E-state index contributed by atoms with van der Waals surface area (Å²) >= 11 is 1.59. The summed E-state index contributed by atoms with van der Waals surface area (Å²) in [6, 6.07) is 13.0. The number of thiophene rings is 1. The van der Waals surface area contributed by atoms with E-state index in [2.05, 4.69) is 0 Å². The van der Waals surface area contributed by atoms with Crippen LogP contribution >= 0.6 is 11.3 Å². The lowest BCUT2D eigenvalue weighted by Gasteiger charge is -2.30. The number of rotatable bonds is 8. The van der Waals surface area contributed by atoms with Crippen LogP contribution in [-0.2, 0) is 17.9 Å². The molecule has 2 aromatic carbocycles. The lowest BCUT2D eigenvalue weighted by Crippen LogP contribution is -2.45. The fourth-order valence-corrected chi connectivity index (χ4v) is 4.63. The van der Waals surface area contributed by atoms with Crippen LogP contribution in [0.1, 0.15) is 40.2 Å². The van der Waals surface area contributed by atoms with Gasteiger partial charge in [-0.1, -0.05) is 12.1 Å². The predicted molar refractivity (Wildman–Crippen MR) is 128 cm³/mol. The summed E-state index contributed by atoms with van der Waals surface area (Å²) in [4.78, 5) is 31.2. The molecule has 0 aliphatic carbocycles. The minimum atomic E-state index is -0.323. The van der Waals surface area contributed by atoms with Crippen molar-refractivity contribution in [2.45, 2.75) is 39.9 Å². The fourth-order valence-electron chi connectivity index (χ4n) is 3.71. The average Bonchev–Trinajstić information content (AvgIpc) is 3.45. The lowest BCUT2D eigenvalue weighted by atomic mass is 10.1. The summed E-state index contributed by atoms with van der Waals surface area (Å²) in [6.45, 7) is 6.56. The number of aryl methyl sites for hydroxylation is 1. The molecule has 1 aliphatic heterocycles. The summed E-state index contributed by atoms with van der Waals surface area (Å²) in [7, 11) is 0. The van der Waals surface area contributed by atoms with E-state index in [1.807, 2.05) is 32.2 Å². The summed E-state index contributed by atoms with van der Waals surface area (Å²) in [6.07, 6.45) is 0. The Hall–Kier alpha value is -3.39. The van der Waals surface area contributed by atoms with E-state index in [1.165, 1.54) is 12.1 Å². The molecule has 1 aliphatic rings. The van der Waals surface area contributed by atoms with E-state index in [4.69, 9.17) is 9.47 Å². The zero-order valence-corrected chi connectivity index (χ0v) is 20.2. The minimum Gasteiger partial charge on any atom is -0.454 e. The number of ether oxygens (including phenoxy) is 2. The van der Waals surface area contributed by atoms with Crippen LogP contribution in [0.3, 0.4) is 0 Å². The van der Waals surface area contributed by atoms with Gasteiger partial charge in [0.25, 0.3) is 5.91 Å². The van der Waals surface area contributed by atoms with Crippen molar-refractivity contribution in [3.8, 4) is 11.5 Å². The van der Waals surface area contributed by atoms with Crippen LogP contribution in [0.15, 0.2) is 53.9 Å². The molecule has 2 heterocycles. The molecule has 34 heavy (non-hydrogen) atoms. The molecule has 0 saturated carbocycles. The van der Waals surface area contributed by atoms with Crippen LogP contribution < -0.4 is 9.47 Å². The van der Waals surface area contributed by atoms with Crippen molar-refractivity contribution in [3.05, 3.63) is 81.3 Å². The van der Waals surface area contributed by atoms with Gasteiger partial charge in [-0.3, -0.25) is 9.59 Å². The van der Waals surface area contributed by atoms with E-state index in [1.54, 1.807) is 51.5 Å². The number of amides is 2. The molecule has 0 atom stereocenters. The molecule has 0 N–H and O–H groups in total. The molecule has 8 heteroatoms. The van der Waals surface area contributed by atoms with E-state index in [9.17, 15) is 14.0 Å². The molecule has 2 amide bonds. The number of nitrogens with zero attached hydrogens (tertiary/aromatic N) is 2. The first-order valence-electron chi connectivity index (χ1n) is 11.1. The first kappa shape index (κ1) is 23.8. The van der Waals surface area contributed by atoms with E-state index >= 15 is 0 Å². The van der Waals surface area contributed by atoms with Crippen molar-refractivity contribution in [1.29, 1.82) is 0 Å². The third-order valence-corrected chi connectivity index (χ3v) is 6.76. The first-order valence-corrected chi connectivity index (χ1v) is 12.0. The zero-order chi connectivity index (χ0) is 24.2. The topological polar surface area (TPSA) is 59.1 Å². The highest BCUT2D eigenvalue weighted by Crippen LogP contribution is 2.33. The van der Waals surface area contributed by atoms with Gasteiger partial charge in [-0.15, -0.1) is 11.3 Å². The van der Waals surface area contributed by atoms with Crippen molar-refractivity contribution in [2.75, 3.05) is 13.3 Å². The highest BCUT2D eigenvalue weighted by atomic mass is 32.1. The van der Waals surface area contributed by atoms with Crippen molar-refractivity contribution in [2.24, 2.45) is 0 Å². The monoisotopic (exact) mass is 482 g/mol. The summed E-state index contributed by atoms with van der Waals surface area (Å²) in [5.41, 5.74) is 2.37. The lowest BCUT2D eigenvalue weighted by molar-refractivity contribution is -0.133. The van der Waals surface area contributed by atoms with Crippen LogP contribution in [0.5, 0.6) is 11.5 Å². The van der Waals surface area contributed by atoms with Crippen molar-refractivity contribution in [1.82, 2.24) is 9.80 Å². The highest BCUT2D eigenvalue weighted by molar-refractivity contribution is 7.10. The van der Waals surface area contributed by atoms with Gasteiger partial charge in [-0.05, 0) is 73.7 Å². The molecule has 178 valence electrons. The van der Waals surface area contributed by atoms with Gasteiger partial charge < -0.3 is 19.3 Å². The van der Waals surface area contributed by atoms with Gasteiger partial charge in [0.05, 0.1) is 6.54 Å². The number of carbonyl (C=O) groups is 2. The van der Waals surface area contributed by atoms with Gasteiger partial charge in [0, 0.05) is 23.0 Å². The van der Waals surface area contributed by atoms with Gasteiger partial charge >= 0.3 is 0 Å². The van der Waals surface area contributed by atoms with Crippen LogP contribution in [-0.4, -0.2) is 41.0 Å². The van der Waals surface area contributed by atoms with Gasteiger partial charge in [-0.2, -0.15) is 0 Å². The first-order chi connectivity index (χ1) is 16.3. The normalized spacial score (nSPS) is 12.1. The molecular formula is C26H27FN2O4S. The standard InChI is InChI=1S/C26H27FN2O4S/c1-17(2)29(26(31)20-6-9-22-23(12-20)33-16-32-22)15-25(30)28(14-24-18(3)10-11-34-24)13-19-4-7-21(27)8-5-19/h4-12,17H,13-16H2,1-3H3. The summed E-state index contributed by atoms with van der Waals surface area (Å²) in [5.74, 6) is 0.360. The Morgan fingerprint density at radius 3 is 2.44 bits per heavy atom. The van der Waals surface area contributed by atoms with E-state index < -0.39 is 0 Å². The van der Waals surface area contributed by atoms with Gasteiger partial charge in [-0.25, -0.2) is 4.39 Å². The third-order valence-electron chi connectivity index (χ3n) is 5.75. The van der Waals surface area contributed by atoms with Crippen LogP contribution in [0, 0.1) is 12.7 Å². The quantitative estimate of drug-likeness (QED) is 0.453. The Morgan fingerprint density at radius 1 is 1.03 bits per heavy atom. The van der Waals surface area contributed by atoms with Gasteiger partial charge in [0.2, 0.25) is 12.7 Å². The highest BCUT2D eigenvalue weighted by Gasteiger charge is 2.26. The number of fused-ring (bicyclic) bond motifs is 1. The number of hydrogen-bond acceptors (Lipinski definition) is 5. The maximum Gasteiger partial charge on any atom is 0.254 e. The SMILES string of the molecule is Cc1ccsc1CN(Cc1ccc(F)cc1)C(=O)CN(C(=O)c1ccc2c(c1)OCO2)C(C)C. The second-order valence-electron chi connectivity index (χ2n) is 8.50. The van der Waals surface area contributed by atoms with Crippen LogP contribution in [0.2, 0.25) is 0 Å². The van der Waals surface area contributed by atoms with E-state index in [0.29, 0.717) is 30.2 Å². The summed E-state index contributed by atoms with van der Waals surface area (Å²) < 4.78 is 24.1. The van der Waals surface area contributed by atoms with Crippen molar-refractivity contribution in [3.63, 3.8) is 0 Å². The zero-order valence-electron chi connectivity index (χ0n) is 19.4. The molecule has 0 fully saturated rings. The molecule has 0 spiro atoms. The molecule has 0 unspecified atom stereocenters. The second-order valence-corrected chi connectivity index (χ2v) is 9.50. The second kappa shape index (κ2) is 10.3. The largest absolute Gasteiger partial charge is 0.454 e. The third kappa shape index (κ3) is 5.39. The maximum atomic E-state index is 13.5. The smallest absolute Gasteiger partial charge is 0.254 e. The molecule has 0 bridgehead atoms. The molecule has 4 rings (SSSR count). The Bertz CT molecular complexity index is 1180. The molecule has 1 aromatic heterocycles. The summed E-state index contributed by atoms with van der Waals surface area (Å²) in [5, 5.41) is 1.99. The Balaban J connectivity index is 1.55. The van der Waals surface area contributed by atoms with Crippen molar-refractivity contribution < 1.29 is 23.5 Å². The number of halogens is 1. The Labute approximate surface area is 202 Å². The number of hydrogen-bond donors (Lipinski definition) is 0. The predicted octanol–water partition coefficient (Wildman–Crippen LogP) is 5.00. The van der Waals surface area contributed by atoms with Crippen LogP contribution in [0.25, 0.3) is 0 Å². The molecule has 0 radical (unpaired) electrons. The fraction of sp³-hybridized carbons (Fsp3) is 0.308. The Morgan fingerprint density at radius 2 is 1.76 bits per heavy atom. The average molecular weight is 483 g/mol. The van der Waals surface area contributed by atoms with Gasteiger partial charge in [0.1, 0.15) is 12.4 Å².